The van der Waals surface area contributed by atoms with Crippen LogP contribution in [0.5, 0.6) is 0 Å². The Morgan fingerprint density at radius 2 is 1.80 bits per heavy atom. The molecule has 0 spiro atoms. The van der Waals surface area contributed by atoms with E-state index >= 15 is 0 Å². The van der Waals surface area contributed by atoms with Gasteiger partial charge in [0.1, 0.15) is 6.29 Å². The first-order chi connectivity index (χ1) is 7.29. The van der Waals surface area contributed by atoms with Crippen LogP contribution in [0.3, 0.4) is 0 Å². The SMILES string of the molecule is Nc1ccc(-c2ccc(C=O)cc2)nc1. The van der Waals surface area contributed by atoms with Gasteiger partial charge in [0, 0.05) is 11.1 Å². The number of rotatable bonds is 2. The second kappa shape index (κ2) is 3.92. The summed E-state index contributed by atoms with van der Waals surface area (Å²) in [5, 5.41) is 0. The third-order valence-electron chi connectivity index (χ3n) is 2.13. The summed E-state index contributed by atoms with van der Waals surface area (Å²) >= 11 is 0. The highest BCUT2D eigenvalue weighted by Gasteiger charge is 1.98. The van der Waals surface area contributed by atoms with Gasteiger partial charge in [-0.05, 0) is 12.1 Å². The number of carbonyl (C=O) groups is 1. The van der Waals surface area contributed by atoms with Gasteiger partial charge in [-0.1, -0.05) is 24.3 Å². The first kappa shape index (κ1) is 9.40. The van der Waals surface area contributed by atoms with Gasteiger partial charge in [-0.2, -0.15) is 0 Å². The van der Waals surface area contributed by atoms with Crippen molar-refractivity contribution in [1.82, 2.24) is 4.98 Å². The third kappa shape index (κ3) is 2.02. The van der Waals surface area contributed by atoms with E-state index in [9.17, 15) is 4.79 Å². The molecule has 0 amide bonds. The molecule has 1 aromatic carbocycles. The largest absolute Gasteiger partial charge is 0.397 e. The van der Waals surface area contributed by atoms with Crippen LogP contribution in [0.25, 0.3) is 11.3 Å². The number of hydrogen-bond donors (Lipinski definition) is 1. The normalized spacial score (nSPS) is 9.87. The maximum Gasteiger partial charge on any atom is 0.150 e. The monoisotopic (exact) mass is 198 g/mol. The van der Waals surface area contributed by atoms with Gasteiger partial charge in [0.05, 0.1) is 17.6 Å². The summed E-state index contributed by atoms with van der Waals surface area (Å²) in [5.74, 6) is 0. The molecule has 3 heteroatoms. The first-order valence-electron chi connectivity index (χ1n) is 4.57. The fourth-order valence-electron chi connectivity index (χ4n) is 1.31. The van der Waals surface area contributed by atoms with Crippen LogP contribution in [0.1, 0.15) is 10.4 Å². The lowest BCUT2D eigenvalue weighted by molar-refractivity contribution is 0.112. The van der Waals surface area contributed by atoms with E-state index in [1.54, 1.807) is 24.4 Å². The molecule has 0 aliphatic rings. The second-order valence-corrected chi connectivity index (χ2v) is 3.22. The maximum atomic E-state index is 10.5. The first-order valence-corrected chi connectivity index (χ1v) is 4.57. The summed E-state index contributed by atoms with van der Waals surface area (Å²) in [4.78, 5) is 14.7. The van der Waals surface area contributed by atoms with Gasteiger partial charge in [0.2, 0.25) is 0 Å². The maximum absolute atomic E-state index is 10.5. The molecule has 0 fully saturated rings. The van der Waals surface area contributed by atoms with E-state index < -0.39 is 0 Å². The molecule has 2 aromatic rings. The van der Waals surface area contributed by atoms with Crippen molar-refractivity contribution in [2.24, 2.45) is 0 Å². The Morgan fingerprint density at radius 1 is 1.07 bits per heavy atom. The van der Waals surface area contributed by atoms with Gasteiger partial charge in [-0.15, -0.1) is 0 Å². The lowest BCUT2D eigenvalue weighted by Crippen LogP contribution is -1.88. The average Bonchev–Trinajstić information content (AvgIpc) is 2.30. The van der Waals surface area contributed by atoms with Crippen molar-refractivity contribution in [2.75, 3.05) is 5.73 Å². The second-order valence-electron chi connectivity index (χ2n) is 3.22. The highest BCUT2D eigenvalue weighted by molar-refractivity contribution is 5.76. The molecule has 2 rings (SSSR count). The van der Waals surface area contributed by atoms with Crippen molar-refractivity contribution in [2.45, 2.75) is 0 Å². The topological polar surface area (TPSA) is 56.0 Å². The Hall–Kier alpha value is -2.16. The standard InChI is InChI=1S/C12H10N2O/c13-11-5-6-12(14-7-11)10-3-1-9(8-15)2-4-10/h1-8H,13H2. The molecule has 0 aliphatic carbocycles. The number of nitrogens with zero attached hydrogens (tertiary/aromatic N) is 1. The third-order valence-corrected chi connectivity index (χ3v) is 2.13. The molecule has 0 radical (unpaired) electrons. The minimum Gasteiger partial charge on any atom is -0.397 e. The van der Waals surface area contributed by atoms with Crippen LogP contribution in [0.4, 0.5) is 5.69 Å². The zero-order valence-corrected chi connectivity index (χ0v) is 8.05. The molecule has 2 N–H and O–H groups in total. The number of nitrogens with two attached hydrogens (primary N) is 1. The highest BCUT2D eigenvalue weighted by atomic mass is 16.1. The quantitative estimate of drug-likeness (QED) is 0.752. The van der Waals surface area contributed by atoms with Crippen LogP contribution in [-0.2, 0) is 0 Å². The van der Waals surface area contributed by atoms with E-state index in [-0.39, 0.29) is 0 Å². The van der Waals surface area contributed by atoms with Gasteiger partial charge < -0.3 is 5.73 Å². The smallest absolute Gasteiger partial charge is 0.150 e. The fraction of sp³-hybridized carbons (Fsp3) is 0. The Kier molecular flexibility index (Phi) is 2.46. The summed E-state index contributed by atoms with van der Waals surface area (Å²) in [6.07, 6.45) is 2.43. The lowest BCUT2D eigenvalue weighted by atomic mass is 10.1. The molecular formula is C12H10N2O. The summed E-state index contributed by atoms with van der Waals surface area (Å²) in [6, 6.07) is 10.9. The Morgan fingerprint density at radius 3 is 2.33 bits per heavy atom. The van der Waals surface area contributed by atoms with Gasteiger partial charge >= 0.3 is 0 Å². The molecule has 3 nitrogen and oxygen atoms in total. The molecule has 0 saturated carbocycles. The van der Waals surface area contributed by atoms with Crippen molar-refractivity contribution in [1.29, 1.82) is 0 Å². The van der Waals surface area contributed by atoms with E-state index in [0.717, 1.165) is 17.5 Å². The number of hydrogen-bond acceptors (Lipinski definition) is 3. The molecule has 1 aromatic heterocycles. The highest BCUT2D eigenvalue weighted by Crippen LogP contribution is 2.17. The summed E-state index contributed by atoms with van der Waals surface area (Å²) in [7, 11) is 0. The number of carbonyl (C=O) groups excluding carboxylic acids is 1. The molecule has 0 bridgehead atoms. The summed E-state index contributed by atoms with van der Waals surface area (Å²) < 4.78 is 0. The summed E-state index contributed by atoms with van der Waals surface area (Å²) in [6.45, 7) is 0. The van der Waals surface area contributed by atoms with E-state index in [1.807, 2.05) is 18.2 Å². The van der Waals surface area contributed by atoms with Crippen molar-refractivity contribution < 1.29 is 4.79 Å². The molecule has 0 atom stereocenters. The van der Waals surface area contributed by atoms with Crippen molar-refractivity contribution in [3.63, 3.8) is 0 Å². The summed E-state index contributed by atoms with van der Waals surface area (Å²) in [5.41, 5.74) is 8.67. The number of nitrogen functional groups attached to an aromatic ring is 1. The van der Waals surface area contributed by atoms with Gasteiger partial charge in [0.25, 0.3) is 0 Å². The predicted molar refractivity (Wildman–Crippen MR) is 59.5 cm³/mol. The molecular weight excluding hydrogens is 188 g/mol. The van der Waals surface area contributed by atoms with Crippen LogP contribution < -0.4 is 5.73 Å². The van der Waals surface area contributed by atoms with Crippen molar-refractivity contribution >= 4 is 12.0 Å². The Labute approximate surface area is 87.6 Å². The fourth-order valence-corrected chi connectivity index (χ4v) is 1.31. The number of benzene rings is 1. The van der Waals surface area contributed by atoms with Gasteiger partial charge in [-0.25, -0.2) is 0 Å². The number of aldehydes is 1. The van der Waals surface area contributed by atoms with Crippen LogP contribution in [0.15, 0.2) is 42.6 Å². The molecule has 0 unspecified atom stereocenters. The zero-order valence-electron chi connectivity index (χ0n) is 8.05. The van der Waals surface area contributed by atoms with E-state index in [0.29, 0.717) is 11.3 Å². The van der Waals surface area contributed by atoms with E-state index in [4.69, 9.17) is 5.73 Å². The van der Waals surface area contributed by atoms with Crippen molar-refractivity contribution in [3.8, 4) is 11.3 Å². The molecule has 15 heavy (non-hydrogen) atoms. The number of aromatic nitrogens is 1. The lowest BCUT2D eigenvalue weighted by Gasteiger charge is -2.00. The van der Waals surface area contributed by atoms with Crippen LogP contribution in [0.2, 0.25) is 0 Å². The molecule has 0 aliphatic heterocycles. The average molecular weight is 198 g/mol. The molecule has 0 saturated heterocycles. The van der Waals surface area contributed by atoms with Crippen LogP contribution >= 0.6 is 0 Å². The minimum atomic E-state index is 0.642. The van der Waals surface area contributed by atoms with Crippen LogP contribution in [0, 0.1) is 0 Å². The van der Waals surface area contributed by atoms with E-state index in [1.165, 1.54) is 0 Å². The van der Waals surface area contributed by atoms with Gasteiger partial charge in [-0.3, -0.25) is 9.78 Å². The van der Waals surface area contributed by atoms with Crippen LogP contribution in [-0.4, -0.2) is 11.3 Å². The Bertz CT molecular complexity index is 460. The predicted octanol–water partition coefficient (Wildman–Crippen LogP) is 2.14. The van der Waals surface area contributed by atoms with Crippen molar-refractivity contribution in [3.05, 3.63) is 48.2 Å². The van der Waals surface area contributed by atoms with Gasteiger partial charge in [0.15, 0.2) is 0 Å². The minimum absolute atomic E-state index is 0.642. The van der Waals surface area contributed by atoms with E-state index in [2.05, 4.69) is 4.98 Å². The molecule has 1 heterocycles. The number of pyridine rings is 1. The Balaban J connectivity index is 2.37. The number of anilines is 1. The molecule has 74 valence electrons. The zero-order chi connectivity index (χ0) is 10.7.